The number of carbonyl (C=O) groups excluding carboxylic acids is 1. The molecule has 1 aromatic heterocycles. The van der Waals surface area contributed by atoms with Crippen LogP contribution in [-0.2, 0) is 13.5 Å². The van der Waals surface area contributed by atoms with Gasteiger partial charge in [0.25, 0.3) is 0 Å². The van der Waals surface area contributed by atoms with Gasteiger partial charge in [-0.05, 0) is 34.8 Å². The normalized spacial score (nSPS) is 10.6. The second-order valence-electron chi connectivity index (χ2n) is 4.26. The second kappa shape index (κ2) is 5.44. The van der Waals surface area contributed by atoms with Gasteiger partial charge in [0, 0.05) is 13.5 Å². The predicted molar refractivity (Wildman–Crippen MR) is 72.5 cm³/mol. The van der Waals surface area contributed by atoms with Crippen molar-refractivity contribution in [3.63, 3.8) is 0 Å². The molecule has 2 rings (SSSR count). The number of Topliss-reactive ketones (excluding diaryl/α,β-unsaturated/α-hetero) is 1. The quantitative estimate of drug-likeness (QED) is 0.816. The first kappa shape index (κ1) is 13.0. The number of rotatable bonds is 4. The maximum atomic E-state index is 12.1. The van der Waals surface area contributed by atoms with Crippen LogP contribution in [0.4, 0.5) is 0 Å². The second-order valence-corrected chi connectivity index (χ2v) is 5.02. The molecule has 0 radical (unpaired) electrons. The SMILES string of the molecule is Cc1cccc(CCC(=O)c2c(Br)nnn2C)c1. The molecule has 0 aliphatic carbocycles. The number of hydrogen-bond acceptors (Lipinski definition) is 3. The lowest BCUT2D eigenvalue weighted by atomic mass is 10.0. The molecule has 2 aromatic rings. The lowest BCUT2D eigenvalue weighted by Gasteiger charge is -2.03. The highest BCUT2D eigenvalue weighted by atomic mass is 79.9. The van der Waals surface area contributed by atoms with Crippen LogP contribution >= 0.6 is 15.9 Å². The van der Waals surface area contributed by atoms with Gasteiger partial charge < -0.3 is 0 Å². The van der Waals surface area contributed by atoms with Gasteiger partial charge in [0.1, 0.15) is 5.69 Å². The zero-order valence-corrected chi connectivity index (χ0v) is 11.9. The van der Waals surface area contributed by atoms with Crippen LogP contribution in [0.1, 0.15) is 28.0 Å². The van der Waals surface area contributed by atoms with Crippen molar-refractivity contribution >= 4 is 21.7 Å². The topological polar surface area (TPSA) is 47.8 Å². The number of nitrogens with zero attached hydrogens (tertiary/aromatic N) is 3. The third kappa shape index (κ3) is 2.85. The molecular weight excluding hydrogens is 294 g/mol. The Balaban J connectivity index is 2.05. The van der Waals surface area contributed by atoms with Gasteiger partial charge in [-0.2, -0.15) is 0 Å². The Kier molecular flexibility index (Phi) is 3.91. The summed E-state index contributed by atoms with van der Waals surface area (Å²) in [6, 6.07) is 8.20. The van der Waals surface area contributed by atoms with Crippen molar-refractivity contribution in [1.82, 2.24) is 15.0 Å². The third-order valence-electron chi connectivity index (χ3n) is 2.77. The molecule has 0 N–H and O–H groups in total. The Labute approximate surface area is 114 Å². The molecule has 0 saturated heterocycles. The summed E-state index contributed by atoms with van der Waals surface area (Å²) in [5.74, 6) is 0.0517. The van der Waals surface area contributed by atoms with Gasteiger partial charge >= 0.3 is 0 Å². The molecule has 0 bridgehead atoms. The van der Waals surface area contributed by atoms with Crippen LogP contribution in [0.2, 0.25) is 0 Å². The first-order valence-corrected chi connectivity index (χ1v) is 6.51. The first-order valence-electron chi connectivity index (χ1n) is 5.72. The van der Waals surface area contributed by atoms with Gasteiger partial charge in [0.15, 0.2) is 10.4 Å². The minimum absolute atomic E-state index is 0.0517. The molecule has 0 aliphatic rings. The smallest absolute Gasteiger partial charge is 0.184 e. The highest BCUT2D eigenvalue weighted by Gasteiger charge is 2.16. The molecule has 0 saturated carbocycles. The number of carbonyl (C=O) groups is 1. The van der Waals surface area contributed by atoms with Gasteiger partial charge in [0.05, 0.1) is 0 Å². The highest BCUT2D eigenvalue weighted by molar-refractivity contribution is 9.10. The van der Waals surface area contributed by atoms with Crippen LogP contribution in [0.25, 0.3) is 0 Å². The van der Waals surface area contributed by atoms with Crippen molar-refractivity contribution in [1.29, 1.82) is 0 Å². The van der Waals surface area contributed by atoms with Crippen molar-refractivity contribution in [2.24, 2.45) is 7.05 Å². The molecule has 1 heterocycles. The number of ketones is 1. The van der Waals surface area contributed by atoms with Crippen molar-refractivity contribution in [2.45, 2.75) is 19.8 Å². The van der Waals surface area contributed by atoms with Crippen LogP contribution < -0.4 is 0 Å². The Morgan fingerprint density at radius 1 is 1.44 bits per heavy atom. The molecular formula is C13H14BrN3O. The minimum Gasteiger partial charge on any atom is -0.292 e. The molecule has 0 unspecified atom stereocenters. The van der Waals surface area contributed by atoms with Gasteiger partial charge in [-0.1, -0.05) is 35.0 Å². The van der Waals surface area contributed by atoms with Crippen LogP contribution in [0.3, 0.4) is 0 Å². The van der Waals surface area contributed by atoms with E-state index in [-0.39, 0.29) is 5.78 Å². The summed E-state index contributed by atoms with van der Waals surface area (Å²) >= 11 is 3.24. The van der Waals surface area contributed by atoms with E-state index in [0.29, 0.717) is 16.7 Å². The number of aromatic nitrogens is 3. The molecule has 18 heavy (non-hydrogen) atoms. The Morgan fingerprint density at radius 3 is 2.83 bits per heavy atom. The summed E-state index contributed by atoms with van der Waals surface area (Å²) in [6.45, 7) is 2.05. The molecule has 5 heteroatoms. The Morgan fingerprint density at radius 2 is 2.22 bits per heavy atom. The summed E-state index contributed by atoms with van der Waals surface area (Å²) in [4.78, 5) is 12.1. The fraction of sp³-hybridized carbons (Fsp3) is 0.308. The van der Waals surface area contributed by atoms with E-state index in [2.05, 4.69) is 32.3 Å². The highest BCUT2D eigenvalue weighted by Crippen LogP contribution is 2.15. The Hall–Kier alpha value is -1.49. The van der Waals surface area contributed by atoms with Crippen molar-refractivity contribution in [3.05, 3.63) is 45.7 Å². The fourth-order valence-electron chi connectivity index (χ4n) is 1.87. The minimum atomic E-state index is 0.0517. The summed E-state index contributed by atoms with van der Waals surface area (Å²) in [5.41, 5.74) is 2.92. The van der Waals surface area contributed by atoms with E-state index in [1.54, 1.807) is 7.05 Å². The van der Waals surface area contributed by atoms with Crippen LogP contribution in [-0.4, -0.2) is 20.8 Å². The van der Waals surface area contributed by atoms with Crippen LogP contribution in [0.15, 0.2) is 28.9 Å². The summed E-state index contributed by atoms with van der Waals surface area (Å²) < 4.78 is 2.02. The van der Waals surface area contributed by atoms with E-state index in [1.807, 2.05) is 25.1 Å². The van der Waals surface area contributed by atoms with Gasteiger partial charge in [-0.3, -0.25) is 4.79 Å². The van der Waals surface area contributed by atoms with Crippen LogP contribution in [0, 0.1) is 6.92 Å². The number of aryl methyl sites for hydroxylation is 3. The van der Waals surface area contributed by atoms with E-state index in [4.69, 9.17) is 0 Å². The van der Waals surface area contributed by atoms with Crippen molar-refractivity contribution < 1.29 is 4.79 Å². The third-order valence-corrected chi connectivity index (χ3v) is 3.31. The Bertz CT molecular complexity index is 558. The summed E-state index contributed by atoms with van der Waals surface area (Å²) in [6.07, 6.45) is 1.20. The average molecular weight is 308 g/mol. The average Bonchev–Trinajstić information content (AvgIpc) is 2.66. The van der Waals surface area contributed by atoms with Crippen LogP contribution in [0.5, 0.6) is 0 Å². The van der Waals surface area contributed by atoms with E-state index in [0.717, 1.165) is 6.42 Å². The van der Waals surface area contributed by atoms with Crippen molar-refractivity contribution in [3.8, 4) is 0 Å². The van der Waals surface area contributed by atoms with E-state index in [9.17, 15) is 4.79 Å². The number of benzene rings is 1. The maximum absolute atomic E-state index is 12.1. The zero-order chi connectivity index (χ0) is 13.1. The molecule has 0 aliphatic heterocycles. The first-order chi connectivity index (χ1) is 8.58. The standard InChI is InChI=1S/C13H14BrN3O/c1-9-4-3-5-10(8-9)6-7-11(18)12-13(14)15-16-17(12)2/h3-5,8H,6-7H2,1-2H3. The molecule has 94 valence electrons. The maximum Gasteiger partial charge on any atom is 0.184 e. The molecule has 0 amide bonds. The lowest BCUT2D eigenvalue weighted by Crippen LogP contribution is -2.08. The van der Waals surface area contributed by atoms with E-state index in [1.165, 1.54) is 15.8 Å². The summed E-state index contributed by atoms with van der Waals surface area (Å²) in [7, 11) is 1.72. The molecule has 4 nitrogen and oxygen atoms in total. The zero-order valence-electron chi connectivity index (χ0n) is 10.4. The molecule has 0 atom stereocenters. The number of hydrogen-bond donors (Lipinski definition) is 0. The largest absolute Gasteiger partial charge is 0.292 e. The van der Waals surface area contributed by atoms with Gasteiger partial charge in [-0.25, -0.2) is 4.68 Å². The fourth-order valence-corrected chi connectivity index (χ4v) is 2.42. The molecule has 1 aromatic carbocycles. The summed E-state index contributed by atoms with van der Waals surface area (Å²) in [5, 5.41) is 7.62. The molecule has 0 fully saturated rings. The van der Waals surface area contributed by atoms with Gasteiger partial charge in [0.2, 0.25) is 0 Å². The lowest BCUT2D eigenvalue weighted by molar-refractivity contribution is 0.0973. The molecule has 0 spiro atoms. The van der Waals surface area contributed by atoms with Crippen molar-refractivity contribution in [2.75, 3.05) is 0 Å². The van der Waals surface area contributed by atoms with Gasteiger partial charge in [-0.15, -0.1) is 5.10 Å². The van der Waals surface area contributed by atoms with E-state index >= 15 is 0 Å². The monoisotopic (exact) mass is 307 g/mol. The predicted octanol–water partition coefficient (Wildman–Crippen LogP) is 2.70. The van der Waals surface area contributed by atoms with E-state index < -0.39 is 0 Å². The number of halogens is 1.